The van der Waals surface area contributed by atoms with Gasteiger partial charge in [0.15, 0.2) is 0 Å². The molecule has 2 aromatic rings. The number of nitrogens with zero attached hydrogens (tertiary/aromatic N) is 3. The van der Waals surface area contributed by atoms with Gasteiger partial charge in [0.2, 0.25) is 11.8 Å². The molecule has 0 fully saturated rings. The maximum absolute atomic E-state index is 12.3. The van der Waals surface area contributed by atoms with Crippen molar-refractivity contribution in [2.75, 3.05) is 26.7 Å². The number of rotatable bonds is 7. The zero-order chi connectivity index (χ0) is 16.8. The first kappa shape index (κ1) is 17.1. The molecular weight excluding hydrogens is 290 g/mol. The predicted octanol–water partition coefficient (Wildman–Crippen LogP) is 2.36. The van der Waals surface area contributed by atoms with E-state index in [2.05, 4.69) is 10.6 Å². The first-order valence-electron chi connectivity index (χ1n) is 8.12. The Morgan fingerprint density at radius 3 is 2.43 bits per heavy atom. The van der Waals surface area contributed by atoms with Gasteiger partial charge in [-0.25, -0.2) is 0 Å². The summed E-state index contributed by atoms with van der Waals surface area (Å²) in [6.45, 7) is 6.00. The van der Waals surface area contributed by atoms with Crippen molar-refractivity contribution in [1.82, 2.24) is 14.4 Å². The van der Waals surface area contributed by atoms with Gasteiger partial charge in [0.25, 0.3) is 0 Å². The third kappa shape index (κ3) is 4.12. The monoisotopic (exact) mass is 315 g/mol. The lowest BCUT2D eigenvalue weighted by Crippen LogP contribution is -2.41. The SMILES string of the molecule is CCN(CC)C(=O)CN(C)C(=O)CCn1ccc2ccccc21. The molecule has 0 radical (unpaired) electrons. The van der Waals surface area contributed by atoms with Crippen LogP contribution in [0.2, 0.25) is 0 Å². The van der Waals surface area contributed by atoms with Gasteiger partial charge >= 0.3 is 0 Å². The van der Waals surface area contributed by atoms with Gasteiger partial charge in [-0.3, -0.25) is 9.59 Å². The number of hydrogen-bond donors (Lipinski definition) is 0. The number of para-hydroxylation sites is 1. The van der Waals surface area contributed by atoms with Crippen LogP contribution in [0.1, 0.15) is 20.3 Å². The molecule has 0 bridgehead atoms. The number of fused-ring (bicyclic) bond motifs is 1. The summed E-state index contributed by atoms with van der Waals surface area (Å²) in [4.78, 5) is 27.6. The normalized spacial score (nSPS) is 10.7. The highest BCUT2D eigenvalue weighted by atomic mass is 16.2. The number of benzene rings is 1. The second kappa shape index (κ2) is 7.81. The lowest BCUT2D eigenvalue weighted by atomic mass is 10.2. The summed E-state index contributed by atoms with van der Waals surface area (Å²) in [6.07, 6.45) is 2.39. The summed E-state index contributed by atoms with van der Waals surface area (Å²) < 4.78 is 2.08. The molecule has 0 unspecified atom stereocenters. The van der Waals surface area contributed by atoms with E-state index < -0.39 is 0 Å². The second-order valence-corrected chi connectivity index (χ2v) is 5.63. The molecule has 124 valence electrons. The van der Waals surface area contributed by atoms with E-state index in [9.17, 15) is 9.59 Å². The maximum atomic E-state index is 12.3. The maximum Gasteiger partial charge on any atom is 0.242 e. The van der Waals surface area contributed by atoms with Gasteiger partial charge in [0, 0.05) is 44.8 Å². The summed E-state index contributed by atoms with van der Waals surface area (Å²) in [5.74, 6) is -0.0134. The Morgan fingerprint density at radius 1 is 1.04 bits per heavy atom. The fraction of sp³-hybridized carbons (Fsp3) is 0.444. The molecule has 23 heavy (non-hydrogen) atoms. The smallest absolute Gasteiger partial charge is 0.242 e. The average Bonchev–Trinajstić information content (AvgIpc) is 2.97. The summed E-state index contributed by atoms with van der Waals surface area (Å²) in [6, 6.07) is 10.2. The molecule has 1 aromatic carbocycles. The Bertz CT molecular complexity index is 674. The van der Waals surface area contributed by atoms with E-state index in [-0.39, 0.29) is 18.4 Å². The van der Waals surface area contributed by atoms with Crippen LogP contribution in [0.3, 0.4) is 0 Å². The van der Waals surface area contributed by atoms with Crippen molar-refractivity contribution in [1.29, 1.82) is 0 Å². The van der Waals surface area contributed by atoms with Gasteiger partial charge in [0.1, 0.15) is 0 Å². The summed E-state index contributed by atoms with van der Waals surface area (Å²) in [7, 11) is 1.69. The summed E-state index contributed by atoms with van der Waals surface area (Å²) >= 11 is 0. The molecule has 1 aromatic heterocycles. The molecule has 0 saturated carbocycles. The Morgan fingerprint density at radius 2 is 1.74 bits per heavy atom. The quantitative estimate of drug-likeness (QED) is 0.787. The molecule has 5 nitrogen and oxygen atoms in total. The van der Waals surface area contributed by atoms with Gasteiger partial charge in [-0.2, -0.15) is 0 Å². The number of hydrogen-bond acceptors (Lipinski definition) is 2. The van der Waals surface area contributed by atoms with Crippen LogP contribution >= 0.6 is 0 Å². The van der Waals surface area contributed by atoms with Crippen molar-refractivity contribution < 1.29 is 9.59 Å². The molecule has 0 N–H and O–H groups in total. The number of aromatic nitrogens is 1. The van der Waals surface area contributed by atoms with E-state index >= 15 is 0 Å². The van der Waals surface area contributed by atoms with Crippen LogP contribution in [-0.4, -0.2) is 52.9 Å². The highest BCUT2D eigenvalue weighted by Gasteiger charge is 2.16. The van der Waals surface area contributed by atoms with E-state index in [1.54, 1.807) is 11.9 Å². The van der Waals surface area contributed by atoms with Crippen LogP contribution in [0.25, 0.3) is 10.9 Å². The van der Waals surface area contributed by atoms with Crippen molar-refractivity contribution >= 4 is 22.7 Å². The lowest BCUT2D eigenvalue weighted by Gasteiger charge is -2.23. The highest BCUT2D eigenvalue weighted by molar-refractivity contribution is 5.85. The molecular formula is C18H25N3O2. The fourth-order valence-corrected chi connectivity index (χ4v) is 2.71. The van der Waals surface area contributed by atoms with Crippen molar-refractivity contribution in [3.63, 3.8) is 0 Å². The molecule has 2 amide bonds. The first-order chi connectivity index (χ1) is 11.1. The number of aryl methyl sites for hydroxylation is 1. The molecule has 0 spiro atoms. The third-order valence-electron chi connectivity index (χ3n) is 4.16. The van der Waals surface area contributed by atoms with Crippen molar-refractivity contribution in [3.05, 3.63) is 36.5 Å². The van der Waals surface area contributed by atoms with Gasteiger partial charge in [-0.1, -0.05) is 18.2 Å². The molecule has 5 heteroatoms. The molecule has 2 rings (SSSR count). The standard InChI is InChI=1S/C18H25N3O2/c1-4-20(5-2)18(23)14-19(3)17(22)11-13-21-12-10-15-8-6-7-9-16(15)21/h6-10,12H,4-5,11,13-14H2,1-3H3. The van der Waals surface area contributed by atoms with E-state index in [1.165, 1.54) is 10.3 Å². The Labute approximate surface area is 137 Å². The molecule has 0 atom stereocenters. The number of carbonyl (C=O) groups is 2. The van der Waals surface area contributed by atoms with Crippen LogP contribution < -0.4 is 0 Å². The van der Waals surface area contributed by atoms with E-state index in [1.807, 2.05) is 44.3 Å². The number of likely N-dealkylation sites (N-methyl/N-ethyl adjacent to an activating group) is 2. The van der Waals surface area contributed by atoms with Crippen LogP contribution in [0.15, 0.2) is 36.5 Å². The minimum atomic E-state index is -0.0108. The van der Waals surface area contributed by atoms with Crippen LogP contribution in [-0.2, 0) is 16.1 Å². The van der Waals surface area contributed by atoms with Gasteiger partial charge in [0.05, 0.1) is 6.54 Å². The number of carbonyl (C=O) groups excluding carboxylic acids is 2. The molecule has 1 heterocycles. The first-order valence-corrected chi connectivity index (χ1v) is 8.12. The highest BCUT2D eigenvalue weighted by Crippen LogP contribution is 2.15. The summed E-state index contributed by atoms with van der Waals surface area (Å²) in [5.41, 5.74) is 1.13. The molecule has 0 aliphatic heterocycles. The minimum Gasteiger partial charge on any atom is -0.347 e. The average molecular weight is 315 g/mol. The van der Waals surface area contributed by atoms with Crippen LogP contribution in [0.5, 0.6) is 0 Å². The Kier molecular flexibility index (Phi) is 5.79. The minimum absolute atomic E-state index is 0.00253. The molecule has 0 saturated heterocycles. The number of amides is 2. The van der Waals surface area contributed by atoms with Crippen molar-refractivity contribution in [2.24, 2.45) is 0 Å². The van der Waals surface area contributed by atoms with E-state index in [0.29, 0.717) is 26.1 Å². The topological polar surface area (TPSA) is 45.6 Å². The largest absolute Gasteiger partial charge is 0.347 e. The lowest BCUT2D eigenvalue weighted by molar-refractivity contribution is -0.139. The Balaban J connectivity index is 1.90. The summed E-state index contributed by atoms with van der Waals surface area (Å²) in [5, 5.41) is 1.17. The van der Waals surface area contributed by atoms with Crippen LogP contribution in [0.4, 0.5) is 0 Å². The van der Waals surface area contributed by atoms with Gasteiger partial charge in [-0.05, 0) is 31.4 Å². The zero-order valence-corrected chi connectivity index (χ0v) is 14.2. The van der Waals surface area contributed by atoms with Gasteiger partial charge < -0.3 is 14.4 Å². The predicted molar refractivity (Wildman–Crippen MR) is 92.1 cm³/mol. The van der Waals surface area contributed by atoms with Crippen molar-refractivity contribution in [3.8, 4) is 0 Å². The fourth-order valence-electron chi connectivity index (χ4n) is 2.71. The second-order valence-electron chi connectivity index (χ2n) is 5.63. The van der Waals surface area contributed by atoms with Crippen LogP contribution in [0, 0.1) is 0 Å². The third-order valence-corrected chi connectivity index (χ3v) is 4.16. The molecule has 0 aliphatic carbocycles. The van der Waals surface area contributed by atoms with Gasteiger partial charge in [-0.15, -0.1) is 0 Å². The van der Waals surface area contributed by atoms with Crippen molar-refractivity contribution in [2.45, 2.75) is 26.8 Å². The Hall–Kier alpha value is -2.30. The van der Waals surface area contributed by atoms with E-state index in [4.69, 9.17) is 0 Å². The zero-order valence-electron chi connectivity index (χ0n) is 14.2. The van der Waals surface area contributed by atoms with E-state index in [0.717, 1.165) is 5.52 Å². The molecule has 0 aliphatic rings.